The van der Waals surface area contributed by atoms with Crippen LogP contribution in [0.25, 0.3) is 0 Å². The van der Waals surface area contributed by atoms with E-state index in [0.717, 1.165) is 5.56 Å². The Morgan fingerprint density at radius 2 is 1.81 bits per heavy atom. The highest BCUT2D eigenvalue weighted by Gasteiger charge is 2.25. The summed E-state index contributed by atoms with van der Waals surface area (Å²) in [5, 5.41) is 0. The topological polar surface area (TPSA) is 46.6 Å². The average Bonchev–Trinajstić information content (AvgIpc) is 2.49. The molecule has 0 saturated heterocycles. The molecule has 0 radical (unpaired) electrons. The number of benzene rings is 1. The number of hydrogen-bond acceptors (Lipinski definition) is 3. The third kappa shape index (κ3) is 5.58. The zero-order valence-corrected chi connectivity index (χ0v) is 13.3. The van der Waals surface area contributed by atoms with Crippen molar-refractivity contribution in [1.29, 1.82) is 0 Å². The van der Waals surface area contributed by atoms with Gasteiger partial charge in [0.2, 0.25) is 0 Å². The van der Waals surface area contributed by atoms with E-state index in [1.807, 2.05) is 51.1 Å². The Hall–Kier alpha value is -1.84. The van der Waals surface area contributed by atoms with Gasteiger partial charge in [0.25, 0.3) is 0 Å². The quantitative estimate of drug-likeness (QED) is 0.770. The normalized spacial score (nSPS) is 12.0. The van der Waals surface area contributed by atoms with Crippen molar-refractivity contribution in [2.75, 3.05) is 7.05 Å². The summed E-state index contributed by atoms with van der Waals surface area (Å²) in [6.07, 6.45) is 0.489. The standard InChI is InChI=1S/C17H25NO3/c1-5-15(19)11-16(13(2)3)18(4)17(20)21-12-14-9-7-6-8-10-14/h6-10,13,16H,5,11-12H2,1-4H3/t16-/m1/s1. The highest BCUT2D eigenvalue weighted by atomic mass is 16.6. The van der Waals surface area contributed by atoms with Crippen molar-refractivity contribution in [2.24, 2.45) is 5.92 Å². The summed E-state index contributed by atoms with van der Waals surface area (Å²) in [5.41, 5.74) is 0.949. The summed E-state index contributed by atoms with van der Waals surface area (Å²) >= 11 is 0. The molecule has 116 valence electrons. The number of hydrogen-bond donors (Lipinski definition) is 0. The van der Waals surface area contributed by atoms with Crippen LogP contribution in [0.1, 0.15) is 39.2 Å². The summed E-state index contributed by atoms with van der Waals surface area (Å²) in [5.74, 6) is 0.367. The number of amides is 1. The third-order valence-electron chi connectivity index (χ3n) is 3.59. The maximum absolute atomic E-state index is 12.1. The second-order valence-corrected chi connectivity index (χ2v) is 5.56. The van der Waals surface area contributed by atoms with E-state index in [4.69, 9.17) is 4.74 Å². The van der Waals surface area contributed by atoms with Crippen molar-refractivity contribution in [3.8, 4) is 0 Å². The second kappa shape index (κ2) is 8.45. The van der Waals surface area contributed by atoms with Crippen LogP contribution in [0.2, 0.25) is 0 Å². The first-order valence-electron chi connectivity index (χ1n) is 7.40. The minimum atomic E-state index is -0.388. The van der Waals surface area contributed by atoms with Crippen LogP contribution in [0.3, 0.4) is 0 Å². The fourth-order valence-electron chi connectivity index (χ4n) is 2.15. The minimum absolute atomic E-state index is 0.124. The number of rotatable bonds is 7. The van der Waals surface area contributed by atoms with Gasteiger partial charge < -0.3 is 9.64 Å². The molecule has 4 nitrogen and oxygen atoms in total. The van der Waals surface area contributed by atoms with Crippen LogP contribution >= 0.6 is 0 Å². The van der Waals surface area contributed by atoms with Crippen molar-refractivity contribution >= 4 is 11.9 Å². The molecule has 0 aliphatic carbocycles. The lowest BCUT2D eigenvalue weighted by Gasteiger charge is -2.30. The summed E-state index contributed by atoms with van der Waals surface area (Å²) in [4.78, 5) is 25.3. The highest BCUT2D eigenvalue weighted by molar-refractivity contribution is 5.79. The highest BCUT2D eigenvalue weighted by Crippen LogP contribution is 2.16. The van der Waals surface area contributed by atoms with Crippen LogP contribution in [0.4, 0.5) is 4.79 Å². The Balaban J connectivity index is 2.59. The Bertz CT molecular complexity index is 456. The largest absolute Gasteiger partial charge is 0.445 e. The van der Waals surface area contributed by atoms with Crippen LogP contribution in [0.5, 0.6) is 0 Å². The number of carbonyl (C=O) groups is 2. The maximum atomic E-state index is 12.1. The summed E-state index contributed by atoms with van der Waals surface area (Å²) < 4.78 is 5.31. The maximum Gasteiger partial charge on any atom is 0.410 e. The molecule has 0 N–H and O–H groups in total. The van der Waals surface area contributed by atoms with Gasteiger partial charge in [0.05, 0.1) is 0 Å². The van der Waals surface area contributed by atoms with Gasteiger partial charge in [-0.1, -0.05) is 51.1 Å². The molecule has 21 heavy (non-hydrogen) atoms. The van der Waals surface area contributed by atoms with Gasteiger partial charge in [0, 0.05) is 25.9 Å². The zero-order chi connectivity index (χ0) is 15.8. The molecule has 0 unspecified atom stereocenters. The summed E-state index contributed by atoms with van der Waals surface area (Å²) in [6, 6.07) is 9.43. The first kappa shape index (κ1) is 17.2. The molecule has 1 rings (SSSR count). The fraction of sp³-hybridized carbons (Fsp3) is 0.529. The lowest BCUT2D eigenvalue weighted by atomic mass is 9.97. The number of ketones is 1. The molecule has 1 aromatic carbocycles. The summed E-state index contributed by atoms with van der Waals surface area (Å²) in [6.45, 7) is 6.10. The van der Waals surface area contributed by atoms with Crippen molar-refractivity contribution in [2.45, 2.75) is 46.3 Å². The summed E-state index contributed by atoms with van der Waals surface area (Å²) in [7, 11) is 1.70. The Morgan fingerprint density at radius 1 is 1.19 bits per heavy atom. The van der Waals surface area contributed by atoms with Crippen LogP contribution in [-0.4, -0.2) is 29.9 Å². The Labute approximate surface area is 127 Å². The first-order chi connectivity index (χ1) is 9.95. The zero-order valence-electron chi connectivity index (χ0n) is 13.3. The van der Waals surface area contributed by atoms with Crippen LogP contribution in [-0.2, 0) is 16.1 Å². The van der Waals surface area contributed by atoms with E-state index in [1.54, 1.807) is 11.9 Å². The molecule has 4 heteroatoms. The van der Waals surface area contributed by atoms with E-state index in [9.17, 15) is 9.59 Å². The third-order valence-corrected chi connectivity index (χ3v) is 3.59. The molecular weight excluding hydrogens is 266 g/mol. The van der Waals surface area contributed by atoms with Gasteiger partial charge in [0.1, 0.15) is 12.4 Å². The van der Waals surface area contributed by atoms with E-state index < -0.39 is 0 Å². The van der Waals surface area contributed by atoms with Gasteiger partial charge in [-0.2, -0.15) is 0 Å². The van der Waals surface area contributed by atoms with E-state index in [0.29, 0.717) is 12.8 Å². The molecule has 1 aromatic rings. The smallest absolute Gasteiger partial charge is 0.410 e. The van der Waals surface area contributed by atoms with Gasteiger partial charge in [-0.05, 0) is 11.5 Å². The van der Waals surface area contributed by atoms with Crippen LogP contribution in [0, 0.1) is 5.92 Å². The monoisotopic (exact) mass is 291 g/mol. The SMILES string of the molecule is CCC(=O)C[C@H](C(C)C)N(C)C(=O)OCc1ccccc1. The molecular formula is C17H25NO3. The predicted octanol–water partition coefficient (Wildman–Crippen LogP) is 3.65. The molecule has 0 aliphatic rings. The second-order valence-electron chi connectivity index (χ2n) is 5.56. The molecule has 0 saturated carbocycles. The number of ether oxygens (including phenoxy) is 1. The molecule has 0 aromatic heterocycles. The van der Waals surface area contributed by atoms with Crippen molar-refractivity contribution < 1.29 is 14.3 Å². The van der Waals surface area contributed by atoms with Gasteiger partial charge in [0.15, 0.2) is 0 Å². The van der Waals surface area contributed by atoms with E-state index in [2.05, 4.69) is 0 Å². The molecule has 0 spiro atoms. The van der Waals surface area contributed by atoms with Gasteiger partial charge in [-0.3, -0.25) is 4.79 Å². The fourth-order valence-corrected chi connectivity index (χ4v) is 2.15. The first-order valence-corrected chi connectivity index (χ1v) is 7.40. The average molecular weight is 291 g/mol. The van der Waals surface area contributed by atoms with E-state index in [1.165, 1.54) is 0 Å². The van der Waals surface area contributed by atoms with Crippen LogP contribution in [0.15, 0.2) is 30.3 Å². The Morgan fingerprint density at radius 3 is 2.33 bits per heavy atom. The van der Waals surface area contributed by atoms with Crippen molar-refractivity contribution in [3.05, 3.63) is 35.9 Å². The van der Waals surface area contributed by atoms with Crippen molar-refractivity contribution in [3.63, 3.8) is 0 Å². The molecule has 0 aliphatic heterocycles. The predicted molar refractivity (Wildman–Crippen MR) is 82.9 cm³/mol. The molecule has 0 heterocycles. The molecule has 0 fully saturated rings. The number of Topliss-reactive ketones (excluding diaryl/α,β-unsaturated/α-hetero) is 1. The Kier molecular flexibility index (Phi) is 6.92. The molecule has 1 amide bonds. The van der Waals surface area contributed by atoms with E-state index >= 15 is 0 Å². The van der Waals surface area contributed by atoms with Gasteiger partial charge >= 0.3 is 6.09 Å². The minimum Gasteiger partial charge on any atom is -0.445 e. The van der Waals surface area contributed by atoms with Crippen LogP contribution < -0.4 is 0 Å². The lowest BCUT2D eigenvalue weighted by molar-refractivity contribution is -0.120. The molecule has 1 atom stereocenters. The van der Waals surface area contributed by atoms with Gasteiger partial charge in [-0.25, -0.2) is 4.79 Å². The van der Waals surface area contributed by atoms with Gasteiger partial charge in [-0.15, -0.1) is 0 Å². The van der Waals surface area contributed by atoms with E-state index in [-0.39, 0.29) is 30.4 Å². The molecule has 0 bridgehead atoms. The lowest BCUT2D eigenvalue weighted by Crippen LogP contribution is -2.42. The van der Waals surface area contributed by atoms with Crippen molar-refractivity contribution in [1.82, 2.24) is 4.90 Å². The number of carbonyl (C=O) groups excluding carboxylic acids is 2. The number of nitrogens with zero attached hydrogens (tertiary/aromatic N) is 1.